The van der Waals surface area contributed by atoms with Gasteiger partial charge in [-0.1, -0.05) is 87.3 Å². The number of allylic oxidation sites excluding steroid dienone is 4. The first-order chi connectivity index (χ1) is 28.5. The summed E-state index contributed by atoms with van der Waals surface area (Å²) in [5.74, 6) is 0.460. The van der Waals surface area contributed by atoms with Gasteiger partial charge in [-0.05, 0) is 68.6 Å². The molecule has 0 saturated carbocycles. The molecule has 0 spiro atoms. The minimum Gasteiger partial charge on any atom is -0.453 e. The highest BCUT2D eigenvalue weighted by molar-refractivity contribution is 6.32. The molecule has 0 bridgehead atoms. The van der Waals surface area contributed by atoms with E-state index in [0.29, 0.717) is 54.2 Å². The van der Waals surface area contributed by atoms with Gasteiger partial charge in [-0.3, -0.25) is 9.59 Å². The van der Waals surface area contributed by atoms with Crippen LogP contribution in [0, 0.1) is 17.8 Å². The molecule has 3 aromatic rings. The first-order valence-electron chi connectivity index (χ1n) is 20.3. The number of alkyl carbamates (subject to hydrolysis) is 2. The largest absolute Gasteiger partial charge is 0.453 e. The molecule has 4 heterocycles. The predicted molar refractivity (Wildman–Crippen MR) is 231 cm³/mol. The molecule has 4 N–H and O–H groups in total. The van der Waals surface area contributed by atoms with E-state index in [0.717, 1.165) is 28.7 Å². The van der Waals surface area contributed by atoms with Crippen LogP contribution in [0.4, 0.5) is 9.59 Å². The Kier molecular flexibility index (Phi) is 15.5. The van der Waals surface area contributed by atoms with E-state index >= 15 is 0 Å². The average Bonchev–Trinajstić information content (AvgIpc) is 4.02. The van der Waals surface area contributed by atoms with E-state index in [1.54, 1.807) is 16.9 Å². The van der Waals surface area contributed by atoms with Gasteiger partial charge in [0, 0.05) is 31.2 Å². The van der Waals surface area contributed by atoms with Crippen LogP contribution in [0.5, 0.6) is 0 Å². The Morgan fingerprint density at radius 2 is 1.38 bits per heavy atom. The summed E-state index contributed by atoms with van der Waals surface area (Å²) in [5, 5.41) is 5.98. The highest BCUT2D eigenvalue weighted by Crippen LogP contribution is 2.40. The molecule has 4 amide bonds. The van der Waals surface area contributed by atoms with Crippen LogP contribution in [-0.2, 0) is 23.8 Å². The first kappa shape index (κ1) is 46.2. The number of halogens is 2. The summed E-state index contributed by atoms with van der Waals surface area (Å²) in [6, 6.07) is 5.61. The van der Waals surface area contributed by atoms with Gasteiger partial charge in [0.1, 0.15) is 23.7 Å². The molecule has 2 aliphatic rings. The molecule has 15 nitrogen and oxygen atoms in total. The number of aromatic amines is 2. The van der Waals surface area contributed by atoms with Gasteiger partial charge < -0.3 is 44.6 Å². The molecule has 2 saturated heterocycles. The van der Waals surface area contributed by atoms with E-state index in [4.69, 9.17) is 37.4 Å². The minimum atomic E-state index is -0.783. The quantitative estimate of drug-likeness (QED) is 0.117. The maximum absolute atomic E-state index is 13.9. The second kappa shape index (κ2) is 20.1. The van der Waals surface area contributed by atoms with E-state index in [1.165, 1.54) is 14.2 Å². The maximum atomic E-state index is 13.9. The Labute approximate surface area is 362 Å². The number of H-pyrrole nitrogens is 2. The lowest BCUT2D eigenvalue weighted by molar-refractivity contribution is -0.137. The lowest BCUT2D eigenvalue weighted by Gasteiger charge is -2.32. The number of aromatic nitrogens is 4. The zero-order valence-electron chi connectivity index (χ0n) is 36.0. The van der Waals surface area contributed by atoms with Crippen molar-refractivity contribution in [1.82, 2.24) is 40.4 Å². The summed E-state index contributed by atoms with van der Waals surface area (Å²) < 4.78 is 15.0. The number of hydrogen-bond acceptors (Lipinski definition) is 9. The fourth-order valence-electron chi connectivity index (χ4n) is 7.98. The molecule has 2 fully saturated rings. The number of likely N-dealkylation sites (tertiary alicyclic amines) is 2. The van der Waals surface area contributed by atoms with E-state index in [9.17, 15) is 19.2 Å². The summed E-state index contributed by atoms with van der Waals surface area (Å²) >= 11 is 13.4. The summed E-state index contributed by atoms with van der Waals surface area (Å²) in [6.45, 7) is 14.4. The predicted octanol–water partition coefficient (Wildman–Crippen LogP) is 7.96. The third-order valence-corrected chi connectivity index (χ3v) is 11.9. The highest BCUT2D eigenvalue weighted by atomic mass is 35.5. The van der Waals surface area contributed by atoms with Gasteiger partial charge in [-0.15, -0.1) is 0 Å². The molecule has 326 valence electrons. The molecule has 60 heavy (non-hydrogen) atoms. The Morgan fingerprint density at radius 3 is 1.97 bits per heavy atom. The van der Waals surface area contributed by atoms with Crippen molar-refractivity contribution in [2.75, 3.05) is 34.5 Å². The molecule has 2 aromatic heterocycles. The molecule has 0 unspecified atom stereocenters. The summed E-state index contributed by atoms with van der Waals surface area (Å²) in [7, 11) is 4.18. The number of imidazole rings is 2. The number of amides is 4. The average molecular weight is 870 g/mol. The van der Waals surface area contributed by atoms with E-state index in [2.05, 4.69) is 30.6 Å². The minimum absolute atomic E-state index is 0.0587. The number of carbonyl (C=O) groups excluding carboxylic acids is 4. The molecule has 5 rings (SSSR count). The van der Waals surface area contributed by atoms with Crippen molar-refractivity contribution in [2.24, 2.45) is 17.8 Å². The first-order valence-corrected chi connectivity index (χ1v) is 21.0. The van der Waals surface area contributed by atoms with Crippen LogP contribution in [0.1, 0.15) is 103 Å². The maximum Gasteiger partial charge on any atom is 0.407 e. The second-order valence-corrected chi connectivity index (χ2v) is 17.0. The van der Waals surface area contributed by atoms with Crippen LogP contribution < -0.4 is 10.6 Å². The zero-order valence-corrected chi connectivity index (χ0v) is 37.5. The van der Waals surface area contributed by atoms with Gasteiger partial charge in [0.25, 0.3) is 0 Å². The van der Waals surface area contributed by atoms with Gasteiger partial charge in [-0.25, -0.2) is 19.6 Å². The molecule has 1 aromatic carbocycles. The van der Waals surface area contributed by atoms with Crippen molar-refractivity contribution < 1.29 is 33.4 Å². The van der Waals surface area contributed by atoms with E-state index in [-0.39, 0.29) is 46.8 Å². The van der Waals surface area contributed by atoms with Crippen molar-refractivity contribution in [3.05, 3.63) is 69.6 Å². The smallest absolute Gasteiger partial charge is 0.407 e. The van der Waals surface area contributed by atoms with Crippen molar-refractivity contribution in [1.29, 1.82) is 0 Å². The molecular weight excluding hydrogens is 811 g/mol. The Bertz CT molecular complexity index is 2080. The summed E-state index contributed by atoms with van der Waals surface area (Å²) in [4.78, 5) is 71.5. The normalized spacial score (nSPS) is 20.8. The van der Waals surface area contributed by atoms with Gasteiger partial charge in [0.15, 0.2) is 10.3 Å². The van der Waals surface area contributed by atoms with Crippen molar-refractivity contribution in [3.8, 4) is 11.3 Å². The second-order valence-electron chi connectivity index (χ2n) is 16.3. The van der Waals surface area contributed by atoms with Crippen molar-refractivity contribution >= 4 is 58.3 Å². The lowest BCUT2D eigenvalue weighted by atomic mass is 10.0. The van der Waals surface area contributed by atoms with Crippen LogP contribution in [0.15, 0.2) is 36.4 Å². The van der Waals surface area contributed by atoms with Gasteiger partial charge in [0.05, 0.1) is 44.3 Å². The van der Waals surface area contributed by atoms with Gasteiger partial charge in [-0.2, -0.15) is 0 Å². The molecule has 0 radical (unpaired) electrons. The lowest BCUT2D eigenvalue weighted by Crippen LogP contribution is -2.52. The number of benzene rings is 1. The SMILES string of the molecule is COC[C@H]1C[C@@H](c2nc(Cl)c(/C(C)=C/C=C(\C)c3ccc(-c4[nH]c([C@@H]5CC[C@H](C)N5C(=O)[C@@H](NC(=O)OC)C(C)C)nc4Cl)cc3)[nH]2)N(C(=O)[C@@H](NC(=O)OC)C(C)C)C1. The molecule has 2 aliphatic heterocycles. The highest BCUT2D eigenvalue weighted by Gasteiger charge is 2.43. The Hall–Kier alpha value is -4.86. The van der Waals surface area contributed by atoms with Crippen molar-refractivity contribution in [3.63, 3.8) is 0 Å². The fraction of sp³-hybridized carbons (Fsp3) is 0.535. The number of nitrogens with one attached hydrogen (secondary N) is 4. The third-order valence-electron chi connectivity index (χ3n) is 11.4. The van der Waals surface area contributed by atoms with Crippen LogP contribution in [0.2, 0.25) is 10.3 Å². The number of hydrogen-bond donors (Lipinski definition) is 4. The number of rotatable bonds is 14. The van der Waals surface area contributed by atoms with E-state index < -0.39 is 30.3 Å². The van der Waals surface area contributed by atoms with E-state index in [1.807, 2.05) is 84.9 Å². The van der Waals surface area contributed by atoms with Crippen LogP contribution in [0.25, 0.3) is 22.4 Å². The Balaban J connectivity index is 1.32. The van der Waals surface area contributed by atoms with Gasteiger partial charge in [0.2, 0.25) is 11.8 Å². The van der Waals surface area contributed by atoms with Crippen LogP contribution >= 0.6 is 23.2 Å². The molecule has 6 atom stereocenters. The number of ether oxygens (including phenoxy) is 3. The summed E-state index contributed by atoms with van der Waals surface area (Å²) in [5.41, 5.74) is 4.95. The molecule has 0 aliphatic carbocycles. The summed E-state index contributed by atoms with van der Waals surface area (Å²) in [6.07, 6.45) is 4.73. The molecular formula is C43H58Cl2N8O7. The van der Waals surface area contributed by atoms with Crippen molar-refractivity contribution in [2.45, 2.75) is 97.9 Å². The van der Waals surface area contributed by atoms with Crippen LogP contribution in [0.3, 0.4) is 0 Å². The standard InChI is InChI=1S/C43H58Cl2N8O7/c1-22(2)32(48-42(56)59-9)40(54)52-20-27(21-58-8)19-31(52)39-46-34(36(44)50-39)25(6)12-11-24(5)28-14-16-29(17-15-28)35-37(45)51-38(47-35)30-18-13-26(7)53(30)41(55)33(23(3)4)49-43(57)60-10/h11-12,14-17,22-23,26-27,30-33H,13,18-21H2,1-10H3,(H,46,50)(H,47,51)(H,48,56)(H,49,57)/b24-11+,25-12+/t26-,27-,30-,31-,32-,33-/m0/s1. The fourth-order valence-corrected chi connectivity index (χ4v) is 8.51. The van der Waals surface area contributed by atoms with Crippen LogP contribution in [-0.4, -0.2) is 106 Å². The van der Waals surface area contributed by atoms with Gasteiger partial charge >= 0.3 is 12.2 Å². The third kappa shape index (κ3) is 10.4. The Morgan fingerprint density at radius 1 is 0.817 bits per heavy atom. The number of nitrogens with zero attached hydrogens (tertiary/aromatic N) is 4. The topological polar surface area (TPSA) is 184 Å². The number of methoxy groups -OCH3 is 3. The number of carbonyl (C=O) groups is 4. The monoisotopic (exact) mass is 868 g/mol. The molecule has 17 heteroatoms. The zero-order chi connectivity index (χ0) is 44.0.